The van der Waals surface area contributed by atoms with Crippen LogP contribution >= 0.6 is 23.2 Å². The second kappa shape index (κ2) is 26.0. The molecule has 2 atom stereocenters. The minimum Gasteiger partial charge on any atom is -0.324 e. The molecule has 338 valence electrons. The minimum atomic E-state index is -0.949. The lowest BCUT2D eigenvalue weighted by molar-refractivity contribution is -0.116. The summed E-state index contributed by atoms with van der Waals surface area (Å²) in [7, 11) is 0. The van der Waals surface area contributed by atoms with Crippen LogP contribution < -0.4 is 21.3 Å². The Kier molecular flexibility index (Phi) is 19.6. The van der Waals surface area contributed by atoms with E-state index in [0.29, 0.717) is 69.4 Å². The molecule has 2 unspecified atom stereocenters. The summed E-state index contributed by atoms with van der Waals surface area (Å²) in [6, 6.07) is 28.6. The summed E-state index contributed by atoms with van der Waals surface area (Å²) in [6.07, 6.45) is 14.4. The van der Waals surface area contributed by atoms with E-state index in [2.05, 4.69) is 41.7 Å². The fraction of sp³-hybridized carbons (Fsp3) is 0.440. The van der Waals surface area contributed by atoms with Crippen LogP contribution in [0.1, 0.15) is 90.9 Å². The molecule has 12 nitrogen and oxygen atoms in total. The van der Waals surface area contributed by atoms with Gasteiger partial charge in [-0.05, 0) is 125 Å². The molecule has 2 fully saturated rings. The van der Waals surface area contributed by atoms with Crippen molar-refractivity contribution in [3.63, 3.8) is 0 Å². The maximum Gasteiger partial charge on any atom is 0.256 e. The first-order valence-electron chi connectivity index (χ1n) is 22.8. The quantitative estimate of drug-likeness (QED) is 0.0373. The Morgan fingerprint density at radius 1 is 0.562 bits per heavy atom. The molecule has 2 saturated carbocycles. The van der Waals surface area contributed by atoms with Gasteiger partial charge in [0, 0.05) is 48.0 Å². The Hall–Kier alpha value is -5.14. The van der Waals surface area contributed by atoms with Gasteiger partial charge < -0.3 is 21.3 Å². The maximum absolute atomic E-state index is 13.5. The smallest absolute Gasteiger partial charge is 0.256 e. The van der Waals surface area contributed by atoms with Gasteiger partial charge in [-0.25, -0.2) is 0 Å². The average Bonchev–Trinajstić information content (AvgIpc) is 3.31. The first-order chi connectivity index (χ1) is 31.2. The van der Waals surface area contributed by atoms with Crippen molar-refractivity contribution in [3.05, 3.63) is 107 Å². The Balaban J connectivity index is 1.11. The molecule has 6 rings (SSSR count). The molecule has 0 aliphatic heterocycles. The van der Waals surface area contributed by atoms with Crippen molar-refractivity contribution in [2.45, 2.75) is 115 Å². The number of halogens is 2. The van der Waals surface area contributed by atoms with Gasteiger partial charge in [-0.1, -0.05) is 110 Å². The molecule has 2 aliphatic rings. The molecule has 0 saturated heterocycles. The Labute approximate surface area is 388 Å². The molecule has 0 aromatic heterocycles. The van der Waals surface area contributed by atoms with Crippen LogP contribution in [0.4, 0.5) is 22.7 Å². The Morgan fingerprint density at radius 2 is 0.953 bits per heavy atom. The van der Waals surface area contributed by atoms with E-state index in [1.807, 2.05) is 86.6 Å². The minimum absolute atomic E-state index is 0.334. The fourth-order valence-electron chi connectivity index (χ4n) is 7.96. The number of carbonyl (C=O) groups excluding carboxylic acids is 2. The standard InChI is InChI=1S/C50H62Cl2N10O2/c1-35(53-29-15-31-55-39-17-7-3-8-18-39)47(49(63)57-41-21-11-5-12-22-41)61-59-45-27-25-37(33-43(45)51)38-26-28-46(44(52)34-38)60-62-48(50(64)58-42-23-13-6-14-24-42)36(2)54-30-16-32-56-40-19-9-4-10-20-40/h5-6,11-14,21-28,33-34,39-40,47-48,55-56H,3-4,7-10,15-20,29-32H2,1-2H3,(H,57,63)(H,58,64). The van der Waals surface area contributed by atoms with Gasteiger partial charge in [0.25, 0.3) is 11.8 Å². The normalized spacial score (nSPS) is 16.6. The highest BCUT2D eigenvalue weighted by molar-refractivity contribution is 6.34. The lowest BCUT2D eigenvalue weighted by atomic mass is 9.95. The lowest BCUT2D eigenvalue weighted by Crippen LogP contribution is -2.33. The monoisotopic (exact) mass is 904 g/mol. The number of hydrogen-bond donors (Lipinski definition) is 4. The van der Waals surface area contributed by atoms with Gasteiger partial charge in [0.15, 0.2) is 12.1 Å². The number of carbonyl (C=O) groups is 2. The number of aliphatic imine (C=N–C) groups is 2. The van der Waals surface area contributed by atoms with Crippen LogP contribution in [0, 0.1) is 0 Å². The van der Waals surface area contributed by atoms with Crippen LogP contribution in [0.2, 0.25) is 10.0 Å². The van der Waals surface area contributed by atoms with Gasteiger partial charge in [0.1, 0.15) is 11.4 Å². The summed E-state index contributed by atoms with van der Waals surface area (Å²) in [5, 5.41) is 31.7. The van der Waals surface area contributed by atoms with Crippen LogP contribution in [0.5, 0.6) is 0 Å². The summed E-state index contributed by atoms with van der Waals surface area (Å²) >= 11 is 13.6. The van der Waals surface area contributed by atoms with E-state index in [-0.39, 0.29) is 11.8 Å². The van der Waals surface area contributed by atoms with Crippen LogP contribution in [0.15, 0.2) is 128 Å². The Morgan fingerprint density at radius 3 is 1.33 bits per heavy atom. The van der Waals surface area contributed by atoms with Crippen molar-refractivity contribution in [3.8, 4) is 11.1 Å². The van der Waals surface area contributed by atoms with Crippen molar-refractivity contribution in [1.82, 2.24) is 10.6 Å². The number of nitrogens with one attached hydrogen (secondary N) is 4. The van der Waals surface area contributed by atoms with Crippen molar-refractivity contribution in [2.75, 3.05) is 36.8 Å². The summed E-state index contributed by atoms with van der Waals surface area (Å²) in [6.45, 7) is 6.53. The van der Waals surface area contributed by atoms with Crippen LogP contribution in [0.25, 0.3) is 11.1 Å². The zero-order chi connectivity index (χ0) is 44.9. The molecule has 4 aromatic carbocycles. The van der Waals surface area contributed by atoms with Crippen molar-refractivity contribution in [1.29, 1.82) is 0 Å². The first kappa shape index (κ1) is 48.3. The van der Waals surface area contributed by atoms with Crippen LogP contribution in [0.3, 0.4) is 0 Å². The summed E-state index contributed by atoms with van der Waals surface area (Å²) < 4.78 is 0. The van der Waals surface area contributed by atoms with Gasteiger partial charge in [0.2, 0.25) is 0 Å². The molecule has 4 aromatic rings. The van der Waals surface area contributed by atoms with Crippen molar-refractivity contribution in [2.24, 2.45) is 30.4 Å². The molecular weight excluding hydrogens is 844 g/mol. The summed E-state index contributed by atoms with van der Waals surface area (Å²) in [5.41, 5.74) is 4.83. The average molecular weight is 906 g/mol. The number of rotatable bonds is 21. The number of hydrogen-bond acceptors (Lipinski definition) is 10. The van der Waals surface area contributed by atoms with E-state index < -0.39 is 12.1 Å². The van der Waals surface area contributed by atoms with Gasteiger partial charge in [-0.3, -0.25) is 19.6 Å². The van der Waals surface area contributed by atoms with Crippen molar-refractivity contribution >= 4 is 69.2 Å². The fourth-order valence-corrected chi connectivity index (χ4v) is 8.39. The largest absolute Gasteiger partial charge is 0.324 e. The highest BCUT2D eigenvalue weighted by Gasteiger charge is 2.24. The Bertz CT molecular complexity index is 2070. The maximum atomic E-state index is 13.5. The molecule has 2 amide bonds. The van der Waals surface area contributed by atoms with Gasteiger partial charge in [-0.2, -0.15) is 20.5 Å². The van der Waals surface area contributed by atoms with E-state index in [1.165, 1.54) is 64.2 Å². The zero-order valence-corrected chi connectivity index (χ0v) is 38.6. The van der Waals surface area contributed by atoms with Gasteiger partial charge in [-0.15, -0.1) is 0 Å². The molecule has 0 spiro atoms. The third-order valence-corrected chi connectivity index (χ3v) is 12.2. The van der Waals surface area contributed by atoms with E-state index in [9.17, 15) is 9.59 Å². The first-order valence-corrected chi connectivity index (χ1v) is 23.6. The van der Waals surface area contributed by atoms with E-state index in [1.54, 1.807) is 24.3 Å². The third kappa shape index (κ3) is 15.5. The van der Waals surface area contributed by atoms with Gasteiger partial charge >= 0.3 is 0 Å². The molecular formula is C50H62Cl2N10O2. The number of benzene rings is 4. The molecule has 0 bridgehead atoms. The van der Waals surface area contributed by atoms with E-state index in [0.717, 1.165) is 37.1 Å². The zero-order valence-electron chi connectivity index (χ0n) is 37.1. The highest BCUT2D eigenvalue weighted by atomic mass is 35.5. The molecule has 64 heavy (non-hydrogen) atoms. The SMILES string of the molecule is CC(=NCCCNC1CCCCC1)C(N=Nc1ccc(-c2ccc(N=NC(C(=O)Nc3ccccc3)C(C)=NCCCNC3CCCCC3)c(Cl)c2)cc1Cl)C(=O)Nc1ccccc1. The van der Waals surface area contributed by atoms with Crippen LogP contribution in [-0.4, -0.2) is 73.6 Å². The summed E-state index contributed by atoms with van der Waals surface area (Å²) in [4.78, 5) is 36.6. The van der Waals surface area contributed by atoms with Crippen molar-refractivity contribution < 1.29 is 9.59 Å². The molecule has 14 heteroatoms. The lowest BCUT2D eigenvalue weighted by Gasteiger charge is -2.22. The second-order valence-electron chi connectivity index (χ2n) is 16.6. The third-order valence-electron chi connectivity index (χ3n) is 11.6. The molecule has 4 N–H and O–H groups in total. The highest BCUT2D eigenvalue weighted by Crippen LogP contribution is 2.35. The van der Waals surface area contributed by atoms with E-state index in [4.69, 9.17) is 33.2 Å². The molecule has 0 heterocycles. The molecule has 2 aliphatic carbocycles. The van der Waals surface area contributed by atoms with Gasteiger partial charge in [0.05, 0.1) is 10.0 Å². The number of amides is 2. The topological polar surface area (TPSA) is 156 Å². The number of azo groups is 2. The second-order valence-corrected chi connectivity index (χ2v) is 17.4. The van der Waals surface area contributed by atoms with Crippen LogP contribution in [-0.2, 0) is 9.59 Å². The number of nitrogens with zero attached hydrogens (tertiary/aromatic N) is 6. The summed E-state index contributed by atoms with van der Waals surface area (Å²) in [5.74, 6) is -0.668. The number of para-hydroxylation sites is 2. The van der Waals surface area contributed by atoms with E-state index >= 15 is 0 Å². The predicted molar refractivity (Wildman–Crippen MR) is 264 cm³/mol. The molecule has 0 radical (unpaired) electrons. The predicted octanol–water partition coefficient (Wildman–Crippen LogP) is 12.4. The number of anilines is 2.